The smallest absolute Gasteiger partial charge is 0.343 e. The Bertz CT molecular complexity index is 1190. The predicted molar refractivity (Wildman–Crippen MR) is 135 cm³/mol. The zero-order valence-corrected chi connectivity index (χ0v) is 21.2. The van der Waals surface area contributed by atoms with Gasteiger partial charge in [0.1, 0.15) is 6.61 Å². The van der Waals surface area contributed by atoms with Gasteiger partial charge in [-0.25, -0.2) is 9.59 Å². The van der Waals surface area contributed by atoms with E-state index < -0.39 is 11.9 Å². The summed E-state index contributed by atoms with van der Waals surface area (Å²) in [6.45, 7) is 1.02. The fourth-order valence-corrected chi connectivity index (χ4v) is 3.50. The molecule has 0 aliphatic heterocycles. The van der Waals surface area contributed by atoms with Crippen molar-refractivity contribution in [2.24, 2.45) is 0 Å². The van der Waals surface area contributed by atoms with Gasteiger partial charge in [-0.1, -0.05) is 30.3 Å². The lowest BCUT2D eigenvalue weighted by Gasteiger charge is -2.16. The Balaban J connectivity index is 1.87. The van der Waals surface area contributed by atoms with Gasteiger partial charge in [0, 0.05) is 6.54 Å². The average Bonchev–Trinajstić information content (AvgIpc) is 2.90. The largest absolute Gasteiger partial charge is 0.493 e. The van der Waals surface area contributed by atoms with Crippen LogP contribution >= 0.6 is 0 Å². The topological polar surface area (TPSA) is 83.5 Å². The van der Waals surface area contributed by atoms with Crippen molar-refractivity contribution in [3.8, 4) is 23.0 Å². The summed E-state index contributed by atoms with van der Waals surface area (Å²) in [7, 11) is 8.20. The van der Waals surface area contributed by atoms with Crippen molar-refractivity contribution < 1.29 is 33.3 Å². The first kappa shape index (κ1) is 26.6. The lowest BCUT2D eigenvalue weighted by Crippen LogP contribution is -2.17. The first-order chi connectivity index (χ1) is 17.4. The van der Waals surface area contributed by atoms with Gasteiger partial charge in [0.2, 0.25) is 0 Å². The summed E-state index contributed by atoms with van der Waals surface area (Å²) >= 11 is 0. The summed E-state index contributed by atoms with van der Waals surface area (Å²) in [5.41, 5.74) is 2.26. The molecular formula is C28H31NO7. The molecule has 0 heterocycles. The second-order valence-corrected chi connectivity index (χ2v) is 8.23. The first-order valence-corrected chi connectivity index (χ1v) is 11.4. The zero-order chi connectivity index (χ0) is 26.1. The van der Waals surface area contributed by atoms with E-state index in [4.69, 9.17) is 23.7 Å². The number of ether oxygens (including phenoxy) is 5. The molecule has 0 aliphatic rings. The number of methoxy groups -OCH3 is 3. The molecule has 0 atom stereocenters. The number of hydrogen-bond acceptors (Lipinski definition) is 8. The van der Waals surface area contributed by atoms with Gasteiger partial charge in [-0.2, -0.15) is 0 Å². The maximum absolute atomic E-state index is 13.1. The Kier molecular flexibility index (Phi) is 9.30. The van der Waals surface area contributed by atoms with Gasteiger partial charge in [-0.3, -0.25) is 0 Å². The van der Waals surface area contributed by atoms with Gasteiger partial charge in [0.05, 0.1) is 32.5 Å². The van der Waals surface area contributed by atoms with Crippen LogP contribution in [0.1, 0.15) is 31.8 Å². The van der Waals surface area contributed by atoms with Gasteiger partial charge in [-0.15, -0.1) is 0 Å². The minimum atomic E-state index is -0.641. The van der Waals surface area contributed by atoms with Crippen molar-refractivity contribution in [3.05, 3.63) is 82.9 Å². The molecule has 8 nitrogen and oxygen atoms in total. The molecule has 0 N–H and O–H groups in total. The molecule has 0 bridgehead atoms. The van der Waals surface area contributed by atoms with E-state index >= 15 is 0 Å². The quantitative estimate of drug-likeness (QED) is 0.287. The molecule has 3 aromatic carbocycles. The van der Waals surface area contributed by atoms with Crippen molar-refractivity contribution in [2.75, 3.05) is 42.0 Å². The molecule has 0 amide bonds. The minimum Gasteiger partial charge on any atom is -0.493 e. The molecule has 0 unspecified atom stereocenters. The molecule has 36 heavy (non-hydrogen) atoms. The fourth-order valence-electron chi connectivity index (χ4n) is 3.50. The third-order valence-electron chi connectivity index (χ3n) is 5.46. The van der Waals surface area contributed by atoms with E-state index in [2.05, 4.69) is 0 Å². The highest BCUT2D eigenvalue weighted by atomic mass is 16.6. The lowest BCUT2D eigenvalue weighted by atomic mass is 10.0. The Morgan fingerprint density at radius 2 is 1.50 bits per heavy atom. The maximum Gasteiger partial charge on any atom is 0.343 e. The molecule has 3 aromatic rings. The van der Waals surface area contributed by atoms with Gasteiger partial charge < -0.3 is 28.6 Å². The van der Waals surface area contributed by atoms with Crippen LogP contribution in [0.4, 0.5) is 0 Å². The van der Waals surface area contributed by atoms with E-state index in [-0.39, 0.29) is 11.3 Å². The maximum atomic E-state index is 13.1. The highest BCUT2D eigenvalue weighted by molar-refractivity contribution is 5.94. The predicted octanol–water partition coefficient (Wildman–Crippen LogP) is 4.39. The van der Waals surface area contributed by atoms with Crippen LogP contribution in [-0.4, -0.2) is 58.8 Å². The number of likely N-dealkylation sites (N-methyl/N-ethyl adjacent to an activating group) is 1. The van der Waals surface area contributed by atoms with E-state index in [9.17, 15) is 9.59 Å². The van der Waals surface area contributed by atoms with Crippen LogP contribution in [0, 0.1) is 0 Å². The molecule has 0 aromatic heterocycles. The van der Waals surface area contributed by atoms with Crippen LogP contribution in [0.3, 0.4) is 0 Å². The molecule has 0 fully saturated rings. The highest BCUT2D eigenvalue weighted by Gasteiger charge is 2.21. The SMILES string of the molecule is COC(=O)c1cc(OC(=O)c2ccc(OC)c(OCc3ccccc3)c2)c(OC)cc1CCN(C)C. The lowest BCUT2D eigenvalue weighted by molar-refractivity contribution is 0.0596. The summed E-state index contributed by atoms with van der Waals surface area (Å²) in [4.78, 5) is 27.5. The molecular weight excluding hydrogens is 462 g/mol. The van der Waals surface area contributed by atoms with Crippen molar-refractivity contribution in [1.29, 1.82) is 0 Å². The van der Waals surface area contributed by atoms with Gasteiger partial charge in [0.15, 0.2) is 23.0 Å². The molecule has 3 rings (SSSR count). The fraction of sp³-hybridized carbons (Fsp3) is 0.286. The van der Waals surface area contributed by atoms with Gasteiger partial charge >= 0.3 is 11.9 Å². The Morgan fingerprint density at radius 1 is 0.778 bits per heavy atom. The number of benzene rings is 3. The number of rotatable bonds is 11. The summed E-state index contributed by atoms with van der Waals surface area (Å²) < 4.78 is 27.3. The van der Waals surface area contributed by atoms with Gasteiger partial charge in [0.25, 0.3) is 0 Å². The standard InChI is InChI=1S/C28H31NO7/c1-29(2)14-13-20-15-24(33-4)26(17-22(20)28(31)34-5)36-27(30)21-11-12-23(32-3)25(16-21)35-18-19-9-7-6-8-10-19/h6-12,15-17H,13-14,18H2,1-5H3. The summed E-state index contributed by atoms with van der Waals surface area (Å²) in [5, 5.41) is 0. The molecule has 0 aliphatic carbocycles. The van der Waals surface area contributed by atoms with Gasteiger partial charge in [-0.05, 0) is 62.0 Å². The van der Waals surface area contributed by atoms with Crippen LogP contribution < -0.4 is 18.9 Å². The van der Waals surface area contributed by atoms with Crippen LogP contribution in [0.15, 0.2) is 60.7 Å². The molecule has 0 radical (unpaired) electrons. The molecule has 190 valence electrons. The first-order valence-electron chi connectivity index (χ1n) is 11.4. The summed E-state index contributed by atoms with van der Waals surface area (Å²) in [6, 6.07) is 17.6. The van der Waals surface area contributed by atoms with Crippen LogP contribution in [0.2, 0.25) is 0 Å². The van der Waals surface area contributed by atoms with E-state index in [1.807, 2.05) is 49.3 Å². The van der Waals surface area contributed by atoms with Crippen molar-refractivity contribution in [2.45, 2.75) is 13.0 Å². The second kappa shape index (κ2) is 12.6. The number of carbonyl (C=O) groups is 2. The highest BCUT2D eigenvalue weighted by Crippen LogP contribution is 2.34. The van der Waals surface area contributed by atoms with Crippen molar-refractivity contribution in [1.82, 2.24) is 4.90 Å². The monoisotopic (exact) mass is 493 g/mol. The number of hydrogen-bond donors (Lipinski definition) is 0. The van der Waals surface area contributed by atoms with E-state index in [1.165, 1.54) is 27.4 Å². The van der Waals surface area contributed by atoms with Crippen LogP contribution in [-0.2, 0) is 17.8 Å². The number of carbonyl (C=O) groups excluding carboxylic acids is 2. The molecule has 0 saturated heterocycles. The van der Waals surface area contributed by atoms with E-state index in [1.54, 1.807) is 24.3 Å². The van der Waals surface area contributed by atoms with E-state index in [0.717, 1.165) is 11.1 Å². The number of nitrogens with zero attached hydrogens (tertiary/aromatic N) is 1. The van der Waals surface area contributed by atoms with Crippen molar-refractivity contribution >= 4 is 11.9 Å². The second-order valence-electron chi connectivity index (χ2n) is 8.23. The number of esters is 2. The average molecular weight is 494 g/mol. The van der Waals surface area contributed by atoms with Crippen molar-refractivity contribution in [3.63, 3.8) is 0 Å². The third kappa shape index (κ3) is 6.76. The Morgan fingerprint density at radius 3 is 2.14 bits per heavy atom. The molecule has 0 saturated carbocycles. The van der Waals surface area contributed by atoms with E-state index in [0.29, 0.717) is 42.4 Å². The Hall–Kier alpha value is -4.04. The third-order valence-corrected chi connectivity index (χ3v) is 5.46. The van der Waals surface area contributed by atoms with Crippen LogP contribution in [0.5, 0.6) is 23.0 Å². The summed E-state index contributed by atoms with van der Waals surface area (Å²) in [6.07, 6.45) is 0.586. The minimum absolute atomic E-state index is 0.110. The summed E-state index contributed by atoms with van der Waals surface area (Å²) in [5.74, 6) is 0.162. The zero-order valence-electron chi connectivity index (χ0n) is 21.2. The Labute approximate surface area is 211 Å². The normalized spacial score (nSPS) is 10.6. The molecule has 0 spiro atoms. The van der Waals surface area contributed by atoms with Crippen LogP contribution in [0.25, 0.3) is 0 Å². The molecule has 8 heteroatoms.